The number of hydrogen-bond donors (Lipinski definition) is 1. The summed E-state index contributed by atoms with van der Waals surface area (Å²) in [6.07, 6.45) is 4.16. The monoisotopic (exact) mass is 220 g/mol. The molecule has 0 aromatic heterocycles. The van der Waals surface area contributed by atoms with E-state index in [1.165, 1.54) is 0 Å². The predicted molar refractivity (Wildman–Crippen MR) is 65.5 cm³/mol. The summed E-state index contributed by atoms with van der Waals surface area (Å²) in [4.78, 5) is 11.7. The number of rotatable bonds is 7. The van der Waals surface area contributed by atoms with Crippen molar-refractivity contribution in [3.8, 4) is 0 Å². The van der Waals surface area contributed by atoms with E-state index in [2.05, 4.69) is 0 Å². The Bertz CT molecular complexity index is 304. The summed E-state index contributed by atoms with van der Waals surface area (Å²) in [5.41, 5.74) is 0.804. The Balaban J connectivity index is 2.16. The number of aliphatic hydroxyl groups excluding tert-OH is 1. The molecule has 1 aromatic carbocycles. The molecule has 0 radical (unpaired) electrons. The van der Waals surface area contributed by atoms with Gasteiger partial charge in [-0.15, -0.1) is 0 Å². The predicted octanol–water partition coefficient (Wildman–Crippen LogP) is 3.20. The van der Waals surface area contributed by atoms with E-state index in [0.29, 0.717) is 6.42 Å². The van der Waals surface area contributed by atoms with E-state index in [9.17, 15) is 4.79 Å². The highest BCUT2D eigenvalue weighted by Gasteiger charge is 2.04. The van der Waals surface area contributed by atoms with Gasteiger partial charge in [-0.2, -0.15) is 0 Å². The van der Waals surface area contributed by atoms with Crippen LogP contribution in [-0.2, 0) is 0 Å². The van der Waals surface area contributed by atoms with Gasteiger partial charge in [0.25, 0.3) is 0 Å². The van der Waals surface area contributed by atoms with E-state index in [1.54, 1.807) is 6.92 Å². The van der Waals surface area contributed by atoms with Crippen molar-refractivity contribution in [2.45, 2.75) is 45.1 Å². The molecule has 0 aliphatic heterocycles. The summed E-state index contributed by atoms with van der Waals surface area (Å²) >= 11 is 0. The highest BCUT2D eigenvalue weighted by atomic mass is 16.3. The SMILES string of the molecule is CC(O)CCCCCC(=O)c1ccccc1. The van der Waals surface area contributed by atoms with Crippen molar-refractivity contribution in [1.29, 1.82) is 0 Å². The second-order valence-electron chi connectivity index (χ2n) is 4.24. The molecule has 1 atom stereocenters. The molecule has 0 heterocycles. The first-order valence-corrected chi connectivity index (χ1v) is 5.96. The Morgan fingerprint density at radius 2 is 1.88 bits per heavy atom. The Kier molecular flexibility index (Phi) is 5.79. The van der Waals surface area contributed by atoms with Gasteiger partial charge < -0.3 is 5.11 Å². The van der Waals surface area contributed by atoms with Crippen LogP contribution in [-0.4, -0.2) is 17.0 Å². The molecule has 1 unspecified atom stereocenters. The summed E-state index contributed by atoms with van der Waals surface area (Å²) in [5, 5.41) is 9.07. The van der Waals surface area contributed by atoms with Crippen molar-refractivity contribution >= 4 is 5.78 Å². The molecule has 1 N–H and O–H groups in total. The average molecular weight is 220 g/mol. The minimum Gasteiger partial charge on any atom is -0.393 e. The first-order chi connectivity index (χ1) is 7.70. The van der Waals surface area contributed by atoms with E-state index in [0.717, 1.165) is 31.2 Å². The lowest BCUT2D eigenvalue weighted by Gasteiger charge is -2.03. The highest BCUT2D eigenvalue weighted by Crippen LogP contribution is 2.09. The molecule has 88 valence electrons. The number of hydrogen-bond acceptors (Lipinski definition) is 2. The van der Waals surface area contributed by atoms with Crippen LogP contribution in [0.1, 0.15) is 49.4 Å². The van der Waals surface area contributed by atoms with Crippen LogP contribution in [0, 0.1) is 0 Å². The van der Waals surface area contributed by atoms with Gasteiger partial charge in [0.1, 0.15) is 0 Å². The molecule has 2 nitrogen and oxygen atoms in total. The number of unbranched alkanes of at least 4 members (excludes halogenated alkanes) is 2. The molecule has 2 heteroatoms. The van der Waals surface area contributed by atoms with Gasteiger partial charge >= 0.3 is 0 Å². The molecule has 16 heavy (non-hydrogen) atoms. The molecule has 0 spiro atoms. The molecule has 0 saturated carbocycles. The smallest absolute Gasteiger partial charge is 0.162 e. The topological polar surface area (TPSA) is 37.3 Å². The van der Waals surface area contributed by atoms with Gasteiger partial charge in [0.05, 0.1) is 6.10 Å². The second kappa shape index (κ2) is 7.18. The molecular weight excluding hydrogens is 200 g/mol. The third-order valence-corrected chi connectivity index (χ3v) is 2.62. The number of carbonyl (C=O) groups excluding carboxylic acids is 1. The van der Waals surface area contributed by atoms with Crippen molar-refractivity contribution in [3.63, 3.8) is 0 Å². The normalized spacial score (nSPS) is 12.4. The van der Waals surface area contributed by atoms with E-state index in [-0.39, 0.29) is 11.9 Å². The quantitative estimate of drug-likeness (QED) is 0.566. The van der Waals surface area contributed by atoms with Crippen molar-refractivity contribution in [2.24, 2.45) is 0 Å². The largest absolute Gasteiger partial charge is 0.393 e. The van der Waals surface area contributed by atoms with Gasteiger partial charge in [-0.05, 0) is 19.8 Å². The lowest BCUT2D eigenvalue weighted by molar-refractivity contribution is 0.0978. The Labute approximate surface area is 97.3 Å². The Morgan fingerprint density at radius 3 is 2.50 bits per heavy atom. The third-order valence-electron chi connectivity index (χ3n) is 2.62. The third kappa shape index (κ3) is 5.08. The molecule has 0 amide bonds. The fourth-order valence-electron chi connectivity index (χ4n) is 1.67. The van der Waals surface area contributed by atoms with Crippen molar-refractivity contribution in [1.82, 2.24) is 0 Å². The zero-order valence-corrected chi connectivity index (χ0v) is 9.86. The van der Waals surface area contributed by atoms with E-state index in [4.69, 9.17) is 5.11 Å². The zero-order valence-electron chi connectivity index (χ0n) is 9.86. The number of carbonyl (C=O) groups is 1. The molecule has 0 bridgehead atoms. The van der Waals surface area contributed by atoms with Crippen molar-refractivity contribution in [2.75, 3.05) is 0 Å². The lowest BCUT2D eigenvalue weighted by atomic mass is 10.0. The van der Waals surface area contributed by atoms with Gasteiger partial charge in [-0.25, -0.2) is 0 Å². The van der Waals surface area contributed by atoms with Crippen LogP contribution < -0.4 is 0 Å². The maximum atomic E-state index is 11.7. The molecule has 0 aliphatic carbocycles. The molecule has 0 aliphatic rings. The number of benzene rings is 1. The van der Waals surface area contributed by atoms with Crippen LogP contribution in [0.2, 0.25) is 0 Å². The first kappa shape index (κ1) is 12.9. The van der Waals surface area contributed by atoms with Crippen molar-refractivity contribution < 1.29 is 9.90 Å². The van der Waals surface area contributed by atoms with E-state index in [1.807, 2.05) is 30.3 Å². The molecule has 0 fully saturated rings. The molecular formula is C14H20O2. The standard InChI is InChI=1S/C14H20O2/c1-12(15)8-4-2-7-11-14(16)13-9-5-3-6-10-13/h3,5-6,9-10,12,15H,2,4,7-8,11H2,1H3. The van der Waals surface area contributed by atoms with Gasteiger partial charge in [0.15, 0.2) is 5.78 Å². The minimum absolute atomic E-state index is 0.218. The zero-order chi connectivity index (χ0) is 11.8. The van der Waals surface area contributed by atoms with E-state index < -0.39 is 0 Å². The number of Topliss-reactive ketones (excluding diaryl/α,β-unsaturated/α-hetero) is 1. The fraction of sp³-hybridized carbons (Fsp3) is 0.500. The average Bonchev–Trinajstić information content (AvgIpc) is 2.29. The van der Waals surface area contributed by atoms with Crippen LogP contribution in [0.25, 0.3) is 0 Å². The number of ketones is 1. The van der Waals surface area contributed by atoms with E-state index >= 15 is 0 Å². The maximum absolute atomic E-state index is 11.7. The maximum Gasteiger partial charge on any atom is 0.162 e. The summed E-state index contributed by atoms with van der Waals surface area (Å²) in [7, 11) is 0. The highest BCUT2D eigenvalue weighted by molar-refractivity contribution is 5.95. The molecule has 1 rings (SSSR count). The summed E-state index contributed by atoms with van der Waals surface area (Å²) in [6, 6.07) is 9.41. The minimum atomic E-state index is -0.218. The van der Waals surface area contributed by atoms with Gasteiger partial charge in [0, 0.05) is 12.0 Å². The van der Waals surface area contributed by atoms with Crippen LogP contribution >= 0.6 is 0 Å². The Morgan fingerprint density at radius 1 is 1.19 bits per heavy atom. The van der Waals surface area contributed by atoms with Crippen LogP contribution in [0.3, 0.4) is 0 Å². The summed E-state index contributed by atoms with van der Waals surface area (Å²) in [5.74, 6) is 0.220. The first-order valence-electron chi connectivity index (χ1n) is 5.96. The Hall–Kier alpha value is -1.15. The van der Waals surface area contributed by atoms with Gasteiger partial charge in [0.2, 0.25) is 0 Å². The molecule has 1 aromatic rings. The van der Waals surface area contributed by atoms with Crippen LogP contribution in [0.15, 0.2) is 30.3 Å². The second-order valence-corrected chi connectivity index (χ2v) is 4.24. The molecule has 0 saturated heterocycles. The fourth-order valence-corrected chi connectivity index (χ4v) is 1.67. The van der Waals surface area contributed by atoms with Crippen LogP contribution in [0.5, 0.6) is 0 Å². The number of aliphatic hydroxyl groups is 1. The summed E-state index contributed by atoms with van der Waals surface area (Å²) < 4.78 is 0. The van der Waals surface area contributed by atoms with Crippen LogP contribution in [0.4, 0.5) is 0 Å². The summed E-state index contributed by atoms with van der Waals surface area (Å²) in [6.45, 7) is 1.80. The van der Waals surface area contributed by atoms with Gasteiger partial charge in [-0.3, -0.25) is 4.79 Å². The van der Waals surface area contributed by atoms with Gasteiger partial charge in [-0.1, -0.05) is 43.2 Å². The van der Waals surface area contributed by atoms with Crippen molar-refractivity contribution in [3.05, 3.63) is 35.9 Å². The lowest BCUT2D eigenvalue weighted by Crippen LogP contribution is -2.00.